The van der Waals surface area contributed by atoms with Crippen LogP contribution in [0.3, 0.4) is 0 Å². The fraction of sp³-hybridized carbons (Fsp3) is 0. The quantitative estimate of drug-likeness (QED) is 0.168. The lowest BCUT2D eigenvalue weighted by Crippen LogP contribution is -2.09. The first-order valence-electron chi connectivity index (χ1n) is 18.9. The highest BCUT2D eigenvalue weighted by molar-refractivity contribution is 6.37. The summed E-state index contributed by atoms with van der Waals surface area (Å²) in [6, 6.07) is 76.6. The highest BCUT2D eigenvalue weighted by Crippen LogP contribution is 2.47. The molecule has 0 bridgehead atoms. The summed E-state index contributed by atoms with van der Waals surface area (Å²) in [5.74, 6) is 0. The minimum absolute atomic E-state index is 1.12. The summed E-state index contributed by atoms with van der Waals surface area (Å²) in [4.78, 5) is 2.30. The van der Waals surface area contributed by atoms with Gasteiger partial charge in [-0.2, -0.15) is 0 Å². The molecule has 0 N–H and O–H groups in total. The van der Waals surface area contributed by atoms with Crippen LogP contribution in [-0.2, 0) is 0 Å². The third-order valence-electron chi connectivity index (χ3n) is 11.1. The predicted molar refractivity (Wildman–Crippen MR) is 233 cm³/mol. The summed E-state index contributed by atoms with van der Waals surface area (Å²) in [6.45, 7) is 0. The van der Waals surface area contributed by atoms with Crippen molar-refractivity contribution < 1.29 is 0 Å². The minimum Gasteiger partial charge on any atom is -0.311 e. The monoisotopic (exact) mass is 701 g/mol. The standard InChI is InChI=1S/C52H35N3/c1-4-16-38(17-5-1)53(39-18-6-2-7-19-39)41-32-28-36(29-33-41)37-30-34-42(35-31-37)55-48-27-15-13-25-46(48)50-49-45-24-12-14-26-47(45)54(40-20-8-3-9-21-40)51(49)43-22-10-11-23-44(43)52(50)55/h1-35H. The molecular formula is C52H35N3. The Morgan fingerprint density at radius 3 is 1.09 bits per heavy atom. The Hall–Kier alpha value is -7.36. The van der Waals surface area contributed by atoms with E-state index in [-0.39, 0.29) is 0 Å². The third-order valence-corrected chi connectivity index (χ3v) is 11.1. The zero-order valence-corrected chi connectivity index (χ0v) is 30.0. The van der Waals surface area contributed by atoms with Crippen molar-refractivity contribution >= 4 is 71.4 Å². The molecule has 0 aliphatic carbocycles. The van der Waals surface area contributed by atoms with Crippen LogP contribution in [0.25, 0.3) is 76.9 Å². The predicted octanol–water partition coefficient (Wildman–Crippen LogP) is 14.2. The van der Waals surface area contributed by atoms with Gasteiger partial charge in [-0.1, -0.05) is 140 Å². The lowest BCUT2D eigenvalue weighted by molar-refractivity contribution is 1.18. The third kappa shape index (κ3) is 4.91. The Bertz CT molecular complexity index is 3120. The summed E-state index contributed by atoms with van der Waals surface area (Å²) in [6.07, 6.45) is 0. The molecule has 0 radical (unpaired) electrons. The van der Waals surface area contributed by atoms with Crippen LogP contribution in [0.15, 0.2) is 212 Å². The van der Waals surface area contributed by atoms with E-state index in [0.29, 0.717) is 0 Å². The molecule has 258 valence electrons. The Balaban J connectivity index is 1.09. The van der Waals surface area contributed by atoms with Gasteiger partial charge in [0.05, 0.1) is 22.1 Å². The van der Waals surface area contributed by atoms with Gasteiger partial charge in [-0.3, -0.25) is 0 Å². The minimum atomic E-state index is 1.12. The number of anilines is 3. The summed E-state index contributed by atoms with van der Waals surface area (Å²) in [7, 11) is 0. The van der Waals surface area contributed by atoms with Crippen molar-refractivity contribution in [2.24, 2.45) is 0 Å². The van der Waals surface area contributed by atoms with Crippen molar-refractivity contribution in [1.82, 2.24) is 9.13 Å². The molecule has 55 heavy (non-hydrogen) atoms. The van der Waals surface area contributed by atoms with E-state index in [1.807, 2.05) is 0 Å². The van der Waals surface area contributed by atoms with E-state index < -0.39 is 0 Å². The molecule has 0 aliphatic heterocycles. The second-order valence-electron chi connectivity index (χ2n) is 14.1. The van der Waals surface area contributed by atoms with Gasteiger partial charge in [0, 0.05) is 60.8 Å². The Kier molecular flexibility index (Phi) is 7.17. The smallest absolute Gasteiger partial charge is 0.0627 e. The van der Waals surface area contributed by atoms with Crippen molar-refractivity contribution in [3.8, 4) is 22.5 Å². The van der Waals surface area contributed by atoms with Crippen molar-refractivity contribution in [1.29, 1.82) is 0 Å². The first-order valence-corrected chi connectivity index (χ1v) is 18.9. The molecular weight excluding hydrogens is 667 g/mol. The van der Waals surface area contributed by atoms with Crippen LogP contribution < -0.4 is 4.90 Å². The van der Waals surface area contributed by atoms with Gasteiger partial charge in [0.1, 0.15) is 0 Å². The fourth-order valence-corrected chi connectivity index (χ4v) is 8.71. The molecule has 0 saturated heterocycles. The van der Waals surface area contributed by atoms with Crippen LogP contribution >= 0.6 is 0 Å². The molecule has 0 unspecified atom stereocenters. The average Bonchev–Trinajstić information content (AvgIpc) is 3.79. The van der Waals surface area contributed by atoms with Gasteiger partial charge in [0.2, 0.25) is 0 Å². The zero-order valence-electron chi connectivity index (χ0n) is 30.0. The van der Waals surface area contributed by atoms with E-state index in [1.54, 1.807) is 0 Å². The SMILES string of the molecule is c1ccc(N(c2ccccc2)c2ccc(-c3ccc(-n4c5ccccc5c5c6c7ccccc7n(-c7ccccc7)c6c6ccccc6c54)cc3)cc2)cc1. The molecule has 11 aromatic rings. The molecule has 2 aromatic heterocycles. The maximum absolute atomic E-state index is 2.48. The van der Waals surface area contributed by atoms with Crippen molar-refractivity contribution in [2.45, 2.75) is 0 Å². The van der Waals surface area contributed by atoms with Crippen LogP contribution in [0.5, 0.6) is 0 Å². The summed E-state index contributed by atoms with van der Waals surface area (Å²) < 4.78 is 4.93. The van der Waals surface area contributed by atoms with Gasteiger partial charge in [-0.25, -0.2) is 0 Å². The first-order chi connectivity index (χ1) is 27.3. The number of fused-ring (bicyclic) bond motifs is 10. The number of hydrogen-bond acceptors (Lipinski definition) is 1. The van der Waals surface area contributed by atoms with Crippen LogP contribution in [0.2, 0.25) is 0 Å². The van der Waals surface area contributed by atoms with Crippen molar-refractivity contribution in [3.05, 3.63) is 212 Å². The average molecular weight is 702 g/mol. The second kappa shape index (κ2) is 12.6. The molecule has 9 aromatic carbocycles. The van der Waals surface area contributed by atoms with Gasteiger partial charge in [0.15, 0.2) is 0 Å². The summed E-state index contributed by atoms with van der Waals surface area (Å²) in [5.41, 5.74) is 12.9. The van der Waals surface area contributed by atoms with Gasteiger partial charge >= 0.3 is 0 Å². The van der Waals surface area contributed by atoms with E-state index in [1.165, 1.54) is 71.2 Å². The highest BCUT2D eigenvalue weighted by Gasteiger charge is 2.24. The number of rotatable bonds is 6. The largest absolute Gasteiger partial charge is 0.311 e. The lowest BCUT2D eigenvalue weighted by Gasteiger charge is -2.25. The molecule has 0 aliphatic rings. The first kappa shape index (κ1) is 31.2. The van der Waals surface area contributed by atoms with Crippen molar-refractivity contribution in [2.75, 3.05) is 4.90 Å². The van der Waals surface area contributed by atoms with E-state index in [4.69, 9.17) is 0 Å². The number of aromatic nitrogens is 2. The number of hydrogen-bond donors (Lipinski definition) is 0. The van der Waals surface area contributed by atoms with Gasteiger partial charge in [-0.15, -0.1) is 0 Å². The normalized spacial score (nSPS) is 11.6. The Labute approximate surface area is 319 Å². The molecule has 11 rings (SSSR count). The Morgan fingerprint density at radius 2 is 0.618 bits per heavy atom. The van der Waals surface area contributed by atoms with Gasteiger partial charge in [-0.05, 0) is 83.9 Å². The molecule has 0 saturated carbocycles. The molecule has 0 amide bonds. The highest BCUT2D eigenvalue weighted by atomic mass is 15.1. The van der Waals surface area contributed by atoms with Crippen LogP contribution in [0.4, 0.5) is 17.1 Å². The fourth-order valence-electron chi connectivity index (χ4n) is 8.71. The van der Waals surface area contributed by atoms with Crippen LogP contribution in [0, 0.1) is 0 Å². The Morgan fingerprint density at radius 1 is 0.273 bits per heavy atom. The molecule has 0 atom stereocenters. The topological polar surface area (TPSA) is 13.1 Å². The zero-order chi connectivity index (χ0) is 36.3. The number of nitrogens with zero attached hydrogens (tertiary/aromatic N) is 3. The lowest BCUT2D eigenvalue weighted by atomic mass is 9.99. The maximum atomic E-state index is 2.48. The second-order valence-corrected chi connectivity index (χ2v) is 14.1. The van der Waals surface area contributed by atoms with E-state index in [9.17, 15) is 0 Å². The van der Waals surface area contributed by atoms with Crippen molar-refractivity contribution in [3.63, 3.8) is 0 Å². The maximum Gasteiger partial charge on any atom is 0.0627 e. The van der Waals surface area contributed by atoms with Crippen LogP contribution in [-0.4, -0.2) is 9.13 Å². The molecule has 0 spiro atoms. The number of para-hydroxylation sites is 5. The van der Waals surface area contributed by atoms with E-state index >= 15 is 0 Å². The van der Waals surface area contributed by atoms with Crippen LogP contribution in [0.1, 0.15) is 0 Å². The molecule has 0 fully saturated rings. The molecule has 3 nitrogen and oxygen atoms in total. The van der Waals surface area contributed by atoms with E-state index in [0.717, 1.165) is 22.7 Å². The molecule has 3 heteroatoms. The summed E-state index contributed by atoms with van der Waals surface area (Å²) in [5, 5.41) is 7.58. The summed E-state index contributed by atoms with van der Waals surface area (Å²) >= 11 is 0. The van der Waals surface area contributed by atoms with Gasteiger partial charge < -0.3 is 14.0 Å². The van der Waals surface area contributed by atoms with E-state index in [2.05, 4.69) is 226 Å². The molecule has 2 heterocycles. The van der Waals surface area contributed by atoms with Gasteiger partial charge in [0.25, 0.3) is 0 Å². The number of benzene rings is 9.